The molecule has 1 rings (SSSR count). The molecule has 0 aliphatic rings. The minimum absolute atomic E-state index is 0.0191. The van der Waals surface area contributed by atoms with Gasteiger partial charge in [0.15, 0.2) is 0 Å². The molecule has 0 heterocycles. The molecule has 0 atom stereocenters. The maximum absolute atomic E-state index is 12.2. The summed E-state index contributed by atoms with van der Waals surface area (Å²) >= 11 is 0. The number of nitrogens with zero attached hydrogens (tertiary/aromatic N) is 2. The zero-order valence-electron chi connectivity index (χ0n) is 11.3. The van der Waals surface area contributed by atoms with Gasteiger partial charge in [0.1, 0.15) is 0 Å². The predicted octanol–water partition coefficient (Wildman–Crippen LogP) is 1.98. The van der Waals surface area contributed by atoms with Gasteiger partial charge in [0.05, 0.1) is 11.4 Å². The Labute approximate surface area is 109 Å². The van der Waals surface area contributed by atoms with E-state index in [0.717, 1.165) is 5.69 Å². The molecule has 0 bridgehead atoms. The number of nitrogen functional groups attached to an aromatic ring is 1. The first-order chi connectivity index (χ1) is 8.51. The molecule has 2 N–H and O–H groups in total. The minimum Gasteiger partial charge on any atom is -0.397 e. The van der Waals surface area contributed by atoms with Crippen molar-refractivity contribution in [2.24, 2.45) is 0 Å². The van der Waals surface area contributed by atoms with E-state index in [4.69, 9.17) is 5.73 Å². The molecule has 1 aromatic carbocycles. The fraction of sp³-hybridized carbons (Fsp3) is 0.357. The van der Waals surface area contributed by atoms with E-state index in [2.05, 4.69) is 6.58 Å². The van der Waals surface area contributed by atoms with Crippen LogP contribution in [0.25, 0.3) is 0 Å². The number of anilines is 2. The van der Waals surface area contributed by atoms with Crippen LogP contribution >= 0.6 is 0 Å². The number of likely N-dealkylation sites (N-methyl/N-ethyl adjacent to an activating group) is 1. The maximum Gasteiger partial charge on any atom is 0.254 e. The van der Waals surface area contributed by atoms with Crippen LogP contribution in [-0.4, -0.2) is 38.0 Å². The number of carbonyl (C=O) groups is 1. The molecule has 0 saturated heterocycles. The Bertz CT molecular complexity index is 441. The third-order valence-electron chi connectivity index (χ3n) is 2.77. The fourth-order valence-electron chi connectivity index (χ4n) is 1.79. The molecule has 98 valence electrons. The average Bonchev–Trinajstić information content (AvgIpc) is 2.34. The highest BCUT2D eigenvalue weighted by Gasteiger charge is 2.14. The number of hydrogen-bond acceptors (Lipinski definition) is 3. The first kappa shape index (κ1) is 14.1. The Hall–Kier alpha value is -1.97. The van der Waals surface area contributed by atoms with Gasteiger partial charge in [0, 0.05) is 32.7 Å². The second-order valence-electron chi connectivity index (χ2n) is 4.30. The first-order valence-electron chi connectivity index (χ1n) is 5.98. The number of nitrogens with two attached hydrogens (primary N) is 1. The van der Waals surface area contributed by atoms with E-state index in [-0.39, 0.29) is 5.91 Å². The van der Waals surface area contributed by atoms with Gasteiger partial charge in [-0.05, 0) is 25.1 Å². The van der Waals surface area contributed by atoms with Crippen molar-refractivity contribution < 1.29 is 4.79 Å². The van der Waals surface area contributed by atoms with Crippen LogP contribution in [0, 0.1) is 0 Å². The van der Waals surface area contributed by atoms with Gasteiger partial charge in [-0.25, -0.2) is 0 Å². The SMILES string of the molecule is C=CCN(CC)C(=O)c1ccc(N(C)C)c(N)c1. The van der Waals surface area contributed by atoms with Gasteiger partial charge in [-0.2, -0.15) is 0 Å². The molecule has 0 spiro atoms. The van der Waals surface area contributed by atoms with Crippen LogP contribution in [0.5, 0.6) is 0 Å². The molecule has 4 heteroatoms. The molecule has 18 heavy (non-hydrogen) atoms. The summed E-state index contributed by atoms with van der Waals surface area (Å²) in [6.45, 7) is 6.80. The lowest BCUT2D eigenvalue weighted by Crippen LogP contribution is -2.31. The molecule has 0 aliphatic carbocycles. The smallest absolute Gasteiger partial charge is 0.254 e. The number of carbonyl (C=O) groups excluding carboxylic acids is 1. The van der Waals surface area contributed by atoms with Crippen LogP contribution in [0.15, 0.2) is 30.9 Å². The molecule has 0 unspecified atom stereocenters. The normalized spacial score (nSPS) is 9.94. The monoisotopic (exact) mass is 247 g/mol. The molecule has 4 nitrogen and oxygen atoms in total. The van der Waals surface area contributed by atoms with E-state index < -0.39 is 0 Å². The summed E-state index contributed by atoms with van der Waals surface area (Å²) in [7, 11) is 3.84. The van der Waals surface area contributed by atoms with Crippen molar-refractivity contribution in [3.05, 3.63) is 36.4 Å². The largest absolute Gasteiger partial charge is 0.397 e. The predicted molar refractivity (Wildman–Crippen MR) is 77.0 cm³/mol. The lowest BCUT2D eigenvalue weighted by Gasteiger charge is -2.20. The lowest BCUT2D eigenvalue weighted by molar-refractivity contribution is 0.0782. The molecule has 0 saturated carbocycles. The van der Waals surface area contributed by atoms with Crippen LogP contribution in [-0.2, 0) is 0 Å². The van der Waals surface area contributed by atoms with Crippen LogP contribution in [0.2, 0.25) is 0 Å². The third-order valence-corrected chi connectivity index (χ3v) is 2.77. The molecular formula is C14H21N3O. The molecule has 1 amide bonds. The molecular weight excluding hydrogens is 226 g/mol. The van der Waals surface area contributed by atoms with Gasteiger partial charge in [-0.3, -0.25) is 4.79 Å². The van der Waals surface area contributed by atoms with Gasteiger partial charge >= 0.3 is 0 Å². The number of rotatable bonds is 5. The van der Waals surface area contributed by atoms with Crippen LogP contribution in [0.4, 0.5) is 11.4 Å². The zero-order valence-corrected chi connectivity index (χ0v) is 11.3. The minimum atomic E-state index is -0.0191. The molecule has 0 aliphatic heterocycles. The Morgan fingerprint density at radius 2 is 2.11 bits per heavy atom. The quantitative estimate of drug-likeness (QED) is 0.639. The van der Waals surface area contributed by atoms with Crippen molar-refractivity contribution in [3.63, 3.8) is 0 Å². The van der Waals surface area contributed by atoms with Gasteiger partial charge in [-0.15, -0.1) is 6.58 Å². The summed E-state index contributed by atoms with van der Waals surface area (Å²) in [6, 6.07) is 5.40. The second-order valence-corrected chi connectivity index (χ2v) is 4.30. The highest BCUT2D eigenvalue weighted by Crippen LogP contribution is 2.23. The van der Waals surface area contributed by atoms with Crippen LogP contribution < -0.4 is 10.6 Å². The summed E-state index contributed by atoms with van der Waals surface area (Å²) in [5.74, 6) is -0.0191. The van der Waals surface area contributed by atoms with Crippen molar-refractivity contribution >= 4 is 17.3 Å². The number of amides is 1. The van der Waals surface area contributed by atoms with E-state index in [1.54, 1.807) is 23.1 Å². The van der Waals surface area contributed by atoms with E-state index in [0.29, 0.717) is 24.3 Å². The van der Waals surface area contributed by atoms with Crippen LogP contribution in [0.1, 0.15) is 17.3 Å². The van der Waals surface area contributed by atoms with Crippen molar-refractivity contribution in [1.29, 1.82) is 0 Å². The van der Waals surface area contributed by atoms with Crippen molar-refractivity contribution in [2.45, 2.75) is 6.92 Å². The van der Waals surface area contributed by atoms with E-state index >= 15 is 0 Å². The Morgan fingerprint density at radius 1 is 1.44 bits per heavy atom. The van der Waals surface area contributed by atoms with E-state index in [1.165, 1.54) is 0 Å². The second kappa shape index (κ2) is 6.10. The Kier molecular flexibility index (Phi) is 4.77. The summed E-state index contributed by atoms with van der Waals surface area (Å²) in [6.07, 6.45) is 1.72. The fourth-order valence-corrected chi connectivity index (χ4v) is 1.79. The molecule has 0 fully saturated rings. The summed E-state index contributed by atoms with van der Waals surface area (Å²) in [5.41, 5.74) is 8.08. The highest BCUT2D eigenvalue weighted by atomic mass is 16.2. The average molecular weight is 247 g/mol. The molecule has 0 radical (unpaired) electrons. The number of benzene rings is 1. The summed E-state index contributed by atoms with van der Waals surface area (Å²) in [4.78, 5) is 15.8. The van der Waals surface area contributed by atoms with Gasteiger partial charge in [0.25, 0.3) is 5.91 Å². The number of hydrogen-bond donors (Lipinski definition) is 1. The summed E-state index contributed by atoms with van der Waals surface area (Å²) in [5, 5.41) is 0. The zero-order chi connectivity index (χ0) is 13.7. The Balaban J connectivity index is 3.00. The van der Waals surface area contributed by atoms with E-state index in [9.17, 15) is 4.79 Å². The standard InChI is InChI=1S/C14H21N3O/c1-5-9-17(6-2)14(18)11-7-8-13(16(3)4)12(15)10-11/h5,7-8,10H,1,6,9,15H2,2-4H3. The first-order valence-corrected chi connectivity index (χ1v) is 5.98. The Morgan fingerprint density at radius 3 is 2.56 bits per heavy atom. The molecule has 0 aromatic heterocycles. The van der Waals surface area contributed by atoms with Crippen molar-refractivity contribution in [1.82, 2.24) is 4.90 Å². The van der Waals surface area contributed by atoms with Crippen molar-refractivity contribution in [2.75, 3.05) is 37.8 Å². The van der Waals surface area contributed by atoms with E-state index in [1.807, 2.05) is 32.0 Å². The lowest BCUT2D eigenvalue weighted by atomic mass is 10.1. The van der Waals surface area contributed by atoms with Gasteiger partial charge in [-0.1, -0.05) is 6.08 Å². The summed E-state index contributed by atoms with van der Waals surface area (Å²) < 4.78 is 0. The highest BCUT2D eigenvalue weighted by molar-refractivity contribution is 5.96. The topological polar surface area (TPSA) is 49.6 Å². The third kappa shape index (κ3) is 3.03. The molecule has 1 aromatic rings. The maximum atomic E-state index is 12.2. The van der Waals surface area contributed by atoms with Gasteiger partial charge < -0.3 is 15.5 Å². The van der Waals surface area contributed by atoms with Crippen LogP contribution in [0.3, 0.4) is 0 Å². The van der Waals surface area contributed by atoms with Gasteiger partial charge in [0.2, 0.25) is 0 Å². The van der Waals surface area contributed by atoms with Crippen molar-refractivity contribution in [3.8, 4) is 0 Å².